The smallest absolute Gasteiger partial charge is 0.0419 e. The maximum Gasteiger partial charge on any atom is 0.0419 e. The molecule has 1 aromatic rings. The van der Waals surface area contributed by atoms with Gasteiger partial charge in [0.1, 0.15) is 0 Å². The lowest BCUT2D eigenvalue weighted by Gasteiger charge is -2.06. The van der Waals surface area contributed by atoms with Gasteiger partial charge in [0, 0.05) is 12.6 Å². The van der Waals surface area contributed by atoms with Crippen LogP contribution in [0.15, 0.2) is 30.3 Å². The molecular weight excluding hydrogens is 230 g/mol. The summed E-state index contributed by atoms with van der Waals surface area (Å²) in [5, 5.41) is 0. The Morgan fingerprint density at radius 3 is 1.85 bits per heavy atom. The lowest BCUT2D eigenvalue weighted by molar-refractivity contribution is 0.737. The first-order chi connectivity index (χ1) is 4.84. The van der Waals surface area contributed by atoms with Crippen molar-refractivity contribution in [1.29, 1.82) is 0 Å². The maximum absolute atomic E-state index is 5.67. The molecule has 1 aromatic carbocycles. The molecule has 0 radical (unpaired) electrons. The van der Waals surface area contributed by atoms with Gasteiger partial charge in [-0.2, -0.15) is 0 Å². The Balaban J connectivity index is -0.000000333. The third-order valence-corrected chi connectivity index (χ3v) is 1.48. The molecular formula is C8H15Cl3N2. The largest absolute Gasteiger partial charge is 0.329 e. The average Bonchev–Trinajstić information content (AvgIpc) is 2.05. The van der Waals surface area contributed by atoms with Crippen molar-refractivity contribution in [2.45, 2.75) is 6.04 Å². The third-order valence-electron chi connectivity index (χ3n) is 1.48. The van der Waals surface area contributed by atoms with E-state index < -0.39 is 0 Å². The Bertz CT molecular complexity index is 194. The molecule has 1 atom stereocenters. The van der Waals surface area contributed by atoms with Crippen LogP contribution >= 0.6 is 37.2 Å². The molecule has 0 aliphatic heterocycles. The minimum Gasteiger partial charge on any atom is -0.329 e. The van der Waals surface area contributed by atoms with Crippen molar-refractivity contribution in [2.75, 3.05) is 6.54 Å². The fraction of sp³-hybridized carbons (Fsp3) is 0.250. The van der Waals surface area contributed by atoms with Gasteiger partial charge in [-0.25, -0.2) is 0 Å². The van der Waals surface area contributed by atoms with Crippen molar-refractivity contribution >= 4 is 37.2 Å². The Labute approximate surface area is 97.3 Å². The first-order valence-electron chi connectivity index (χ1n) is 3.35. The monoisotopic (exact) mass is 244 g/mol. The van der Waals surface area contributed by atoms with Crippen molar-refractivity contribution < 1.29 is 0 Å². The quantitative estimate of drug-likeness (QED) is 0.836. The Morgan fingerprint density at radius 2 is 1.46 bits per heavy atom. The summed E-state index contributed by atoms with van der Waals surface area (Å²) in [7, 11) is 0. The minimum atomic E-state index is -0.0128. The highest BCUT2D eigenvalue weighted by molar-refractivity contribution is 5.86. The van der Waals surface area contributed by atoms with E-state index in [0.29, 0.717) is 6.54 Å². The van der Waals surface area contributed by atoms with E-state index >= 15 is 0 Å². The first kappa shape index (κ1) is 18.7. The molecule has 0 aliphatic rings. The van der Waals surface area contributed by atoms with E-state index in [0.717, 1.165) is 5.56 Å². The molecule has 0 saturated carbocycles. The van der Waals surface area contributed by atoms with Gasteiger partial charge in [0.2, 0.25) is 0 Å². The van der Waals surface area contributed by atoms with Crippen molar-refractivity contribution in [2.24, 2.45) is 11.5 Å². The molecule has 5 heteroatoms. The van der Waals surface area contributed by atoms with E-state index in [1.807, 2.05) is 30.3 Å². The van der Waals surface area contributed by atoms with Crippen LogP contribution in [0.1, 0.15) is 11.6 Å². The van der Waals surface area contributed by atoms with Crippen LogP contribution in [0.5, 0.6) is 0 Å². The molecule has 1 rings (SSSR count). The van der Waals surface area contributed by atoms with E-state index in [1.165, 1.54) is 0 Å². The van der Waals surface area contributed by atoms with Crippen molar-refractivity contribution in [3.63, 3.8) is 0 Å². The number of benzene rings is 1. The van der Waals surface area contributed by atoms with E-state index in [4.69, 9.17) is 11.5 Å². The minimum absolute atomic E-state index is 0. The zero-order valence-electron chi connectivity index (χ0n) is 7.05. The van der Waals surface area contributed by atoms with Crippen LogP contribution in [0.25, 0.3) is 0 Å². The standard InChI is InChI=1S/C8H12N2.3ClH/c9-6-8(10)7-4-2-1-3-5-7;;;/h1-5,8H,6,9-10H2;3*1H. The number of halogens is 3. The van der Waals surface area contributed by atoms with Crippen LogP contribution in [0.4, 0.5) is 0 Å². The maximum atomic E-state index is 5.67. The summed E-state index contributed by atoms with van der Waals surface area (Å²) >= 11 is 0. The molecule has 2 nitrogen and oxygen atoms in total. The SMILES string of the molecule is Cl.Cl.Cl.NCC(N)c1ccccc1. The second kappa shape index (κ2) is 10.1. The predicted molar refractivity (Wildman–Crippen MR) is 64.2 cm³/mol. The average molecular weight is 246 g/mol. The summed E-state index contributed by atoms with van der Waals surface area (Å²) < 4.78 is 0. The second-order valence-electron chi connectivity index (χ2n) is 2.25. The van der Waals surface area contributed by atoms with Gasteiger partial charge < -0.3 is 11.5 Å². The van der Waals surface area contributed by atoms with Gasteiger partial charge in [-0.05, 0) is 5.56 Å². The molecule has 0 heterocycles. The first-order valence-corrected chi connectivity index (χ1v) is 3.35. The highest BCUT2D eigenvalue weighted by atomic mass is 35.5. The van der Waals surface area contributed by atoms with Crippen molar-refractivity contribution in [3.05, 3.63) is 35.9 Å². The number of nitrogens with two attached hydrogens (primary N) is 2. The molecule has 78 valence electrons. The lowest BCUT2D eigenvalue weighted by atomic mass is 10.1. The molecule has 0 fully saturated rings. The summed E-state index contributed by atoms with van der Waals surface area (Å²) in [5.41, 5.74) is 12.2. The highest BCUT2D eigenvalue weighted by Gasteiger charge is 1.99. The van der Waals surface area contributed by atoms with Crippen LogP contribution in [0, 0.1) is 0 Å². The van der Waals surface area contributed by atoms with Crippen LogP contribution < -0.4 is 11.5 Å². The van der Waals surface area contributed by atoms with Gasteiger partial charge in [-0.15, -0.1) is 37.2 Å². The van der Waals surface area contributed by atoms with Gasteiger partial charge in [0.25, 0.3) is 0 Å². The normalized spacial score (nSPS) is 10.0. The van der Waals surface area contributed by atoms with Crippen LogP contribution in [0.2, 0.25) is 0 Å². The summed E-state index contributed by atoms with van der Waals surface area (Å²) in [5.74, 6) is 0. The van der Waals surface area contributed by atoms with Gasteiger partial charge in [0.15, 0.2) is 0 Å². The summed E-state index contributed by atoms with van der Waals surface area (Å²) in [6.45, 7) is 0.504. The van der Waals surface area contributed by atoms with Crippen molar-refractivity contribution in [3.8, 4) is 0 Å². The zero-order chi connectivity index (χ0) is 7.40. The lowest BCUT2D eigenvalue weighted by Crippen LogP contribution is -2.20. The van der Waals surface area contributed by atoms with Crippen LogP contribution in [-0.4, -0.2) is 6.54 Å². The Kier molecular flexibility index (Phi) is 14.5. The zero-order valence-corrected chi connectivity index (χ0v) is 9.50. The summed E-state index contributed by atoms with van der Waals surface area (Å²) in [6, 6.07) is 9.85. The molecule has 0 bridgehead atoms. The number of hydrogen-bond donors (Lipinski definition) is 2. The Hall–Kier alpha value is 0.01000. The molecule has 13 heavy (non-hydrogen) atoms. The van der Waals surface area contributed by atoms with E-state index in [9.17, 15) is 0 Å². The third kappa shape index (κ3) is 6.13. The molecule has 4 N–H and O–H groups in total. The van der Waals surface area contributed by atoms with Gasteiger partial charge >= 0.3 is 0 Å². The molecule has 0 amide bonds. The highest BCUT2D eigenvalue weighted by Crippen LogP contribution is 2.06. The molecule has 1 unspecified atom stereocenters. The van der Waals surface area contributed by atoms with E-state index in [2.05, 4.69) is 0 Å². The van der Waals surface area contributed by atoms with E-state index in [1.54, 1.807) is 0 Å². The predicted octanol–water partition coefficient (Wildman–Crippen LogP) is 1.91. The molecule has 0 aromatic heterocycles. The topological polar surface area (TPSA) is 52.0 Å². The molecule has 0 spiro atoms. The van der Waals surface area contributed by atoms with Gasteiger partial charge in [-0.1, -0.05) is 30.3 Å². The molecule has 0 saturated heterocycles. The number of hydrogen-bond acceptors (Lipinski definition) is 2. The van der Waals surface area contributed by atoms with Crippen LogP contribution in [0.3, 0.4) is 0 Å². The second-order valence-corrected chi connectivity index (χ2v) is 2.25. The fourth-order valence-corrected chi connectivity index (χ4v) is 0.836. The van der Waals surface area contributed by atoms with Crippen LogP contribution in [-0.2, 0) is 0 Å². The Morgan fingerprint density at radius 1 is 1.00 bits per heavy atom. The summed E-state index contributed by atoms with van der Waals surface area (Å²) in [4.78, 5) is 0. The van der Waals surface area contributed by atoms with Gasteiger partial charge in [-0.3, -0.25) is 0 Å². The van der Waals surface area contributed by atoms with Crippen molar-refractivity contribution in [1.82, 2.24) is 0 Å². The van der Waals surface area contributed by atoms with Gasteiger partial charge in [0.05, 0.1) is 0 Å². The van der Waals surface area contributed by atoms with E-state index in [-0.39, 0.29) is 43.3 Å². The molecule has 0 aliphatic carbocycles. The number of rotatable bonds is 2. The fourth-order valence-electron chi connectivity index (χ4n) is 0.836. The summed E-state index contributed by atoms with van der Waals surface area (Å²) in [6.07, 6.45) is 0.